The highest BCUT2D eigenvalue weighted by Crippen LogP contribution is 2.64. The molecule has 2 bridgehead atoms. The van der Waals surface area contributed by atoms with E-state index in [0.717, 1.165) is 38.5 Å². The molecule has 208 valence electrons. The third-order valence-electron chi connectivity index (χ3n) is 8.51. The summed E-state index contributed by atoms with van der Waals surface area (Å²) in [7, 11) is 0. The molecular formula is C29H46N2O6. The van der Waals surface area contributed by atoms with Crippen LogP contribution in [-0.4, -0.2) is 82.8 Å². The number of carbonyl (C=O) groups excluding carboxylic acids is 3. The lowest BCUT2D eigenvalue weighted by atomic mass is 9.65. The van der Waals surface area contributed by atoms with E-state index in [2.05, 4.69) is 20.1 Å². The molecule has 37 heavy (non-hydrogen) atoms. The fourth-order valence-corrected chi connectivity index (χ4v) is 6.75. The number of unbranched alkanes of at least 4 members (excludes halogenated alkanes) is 5. The van der Waals surface area contributed by atoms with E-state index in [-0.39, 0.29) is 25.0 Å². The maximum atomic E-state index is 14.2. The third kappa shape index (κ3) is 5.51. The molecule has 2 amide bonds. The molecule has 2 unspecified atom stereocenters. The number of likely N-dealkylation sites (tertiary alicyclic amines) is 1. The smallest absolute Gasteiger partial charge is 0.313 e. The Kier molecular flexibility index (Phi) is 10.4. The van der Waals surface area contributed by atoms with Gasteiger partial charge >= 0.3 is 5.97 Å². The molecule has 5 atom stereocenters. The van der Waals surface area contributed by atoms with E-state index in [0.29, 0.717) is 45.3 Å². The van der Waals surface area contributed by atoms with E-state index in [1.54, 1.807) is 15.9 Å². The Morgan fingerprint density at radius 2 is 1.89 bits per heavy atom. The lowest BCUT2D eigenvalue weighted by Gasteiger charge is -2.37. The summed E-state index contributed by atoms with van der Waals surface area (Å²) in [4.78, 5) is 45.1. The summed E-state index contributed by atoms with van der Waals surface area (Å²) < 4.78 is 12.2. The number of carbonyl (C=O) groups is 3. The predicted octanol–water partition coefficient (Wildman–Crippen LogP) is 3.63. The van der Waals surface area contributed by atoms with Crippen LogP contribution in [0, 0.1) is 11.8 Å². The molecule has 8 heteroatoms. The number of aliphatic hydroxyl groups is 1. The number of esters is 1. The normalized spacial score (nSPS) is 29.9. The van der Waals surface area contributed by atoms with Gasteiger partial charge in [0.25, 0.3) is 0 Å². The largest absolute Gasteiger partial charge is 0.461 e. The summed E-state index contributed by atoms with van der Waals surface area (Å²) >= 11 is 0. The van der Waals surface area contributed by atoms with Crippen molar-refractivity contribution < 1.29 is 29.0 Å². The zero-order valence-electron chi connectivity index (χ0n) is 22.8. The maximum Gasteiger partial charge on any atom is 0.313 e. The molecule has 0 aliphatic carbocycles. The lowest BCUT2D eigenvalue weighted by molar-refractivity contribution is -0.161. The van der Waals surface area contributed by atoms with Crippen molar-refractivity contribution >= 4 is 17.8 Å². The maximum absolute atomic E-state index is 14.2. The number of amides is 2. The van der Waals surface area contributed by atoms with Crippen molar-refractivity contribution in [3.8, 4) is 0 Å². The molecule has 8 nitrogen and oxygen atoms in total. The number of hydrogen-bond acceptors (Lipinski definition) is 6. The van der Waals surface area contributed by atoms with Gasteiger partial charge in [-0.05, 0) is 38.5 Å². The highest BCUT2D eigenvalue weighted by molar-refractivity contribution is 5.98. The van der Waals surface area contributed by atoms with Crippen molar-refractivity contribution in [2.45, 2.75) is 95.3 Å². The Labute approximate surface area is 222 Å². The first-order valence-corrected chi connectivity index (χ1v) is 14.2. The van der Waals surface area contributed by atoms with Crippen molar-refractivity contribution in [2.75, 3.05) is 32.8 Å². The van der Waals surface area contributed by atoms with Crippen LogP contribution in [0.4, 0.5) is 0 Å². The van der Waals surface area contributed by atoms with Crippen molar-refractivity contribution in [3.63, 3.8) is 0 Å². The molecule has 0 aromatic rings. The van der Waals surface area contributed by atoms with Crippen molar-refractivity contribution in [3.05, 3.63) is 25.3 Å². The highest BCUT2D eigenvalue weighted by Gasteiger charge is 2.79. The summed E-state index contributed by atoms with van der Waals surface area (Å²) in [6, 6.07) is -0.768. The van der Waals surface area contributed by atoms with Crippen molar-refractivity contribution in [1.82, 2.24) is 9.80 Å². The molecule has 3 aliphatic heterocycles. The minimum atomic E-state index is -1.03. The van der Waals surface area contributed by atoms with Gasteiger partial charge in [-0.15, -0.1) is 6.58 Å². The Hall–Kier alpha value is -2.19. The van der Waals surface area contributed by atoms with E-state index in [4.69, 9.17) is 14.6 Å². The van der Waals surface area contributed by atoms with Gasteiger partial charge in [0.2, 0.25) is 11.8 Å². The number of rotatable bonds is 17. The molecular weight excluding hydrogens is 472 g/mol. The zero-order chi connectivity index (χ0) is 27.1. The average molecular weight is 519 g/mol. The first-order chi connectivity index (χ1) is 17.9. The van der Waals surface area contributed by atoms with Crippen LogP contribution in [0.3, 0.4) is 0 Å². The van der Waals surface area contributed by atoms with Gasteiger partial charge in [-0.3, -0.25) is 14.4 Å². The molecule has 3 fully saturated rings. The molecule has 0 aromatic heterocycles. The van der Waals surface area contributed by atoms with Crippen LogP contribution in [0.15, 0.2) is 25.3 Å². The molecule has 1 N–H and O–H groups in total. The van der Waals surface area contributed by atoms with E-state index in [9.17, 15) is 14.4 Å². The predicted molar refractivity (Wildman–Crippen MR) is 142 cm³/mol. The fraction of sp³-hybridized carbons (Fsp3) is 0.759. The Morgan fingerprint density at radius 3 is 2.54 bits per heavy atom. The van der Waals surface area contributed by atoms with Gasteiger partial charge in [0, 0.05) is 26.2 Å². The molecule has 1 spiro atoms. The Morgan fingerprint density at radius 1 is 1.14 bits per heavy atom. The van der Waals surface area contributed by atoms with E-state index < -0.39 is 35.0 Å². The second-order valence-corrected chi connectivity index (χ2v) is 10.7. The van der Waals surface area contributed by atoms with Crippen LogP contribution in [-0.2, 0) is 23.9 Å². The van der Waals surface area contributed by atoms with Crippen LogP contribution in [0.5, 0.6) is 0 Å². The second kappa shape index (κ2) is 13.1. The van der Waals surface area contributed by atoms with Crippen LogP contribution in [0.1, 0.15) is 78.1 Å². The SMILES string of the molecule is C=CCOC(=O)[C@H]1[C@H]2C(=O)N(CCCCCCO)C(C(=O)N(CC=C)CCCCC)C23CC[C@]1(CC)O3. The Bertz CT molecular complexity index is 846. The average Bonchev–Trinajstić information content (AvgIpc) is 3.50. The van der Waals surface area contributed by atoms with Gasteiger partial charge in [0.1, 0.15) is 24.2 Å². The zero-order valence-corrected chi connectivity index (χ0v) is 22.8. The van der Waals surface area contributed by atoms with Gasteiger partial charge in [0.15, 0.2) is 0 Å². The molecule has 3 saturated heterocycles. The minimum absolute atomic E-state index is 0.0739. The first kappa shape index (κ1) is 29.4. The highest BCUT2D eigenvalue weighted by atomic mass is 16.6. The molecule has 3 heterocycles. The number of hydrogen-bond donors (Lipinski definition) is 1. The molecule has 3 aliphatic rings. The van der Waals surface area contributed by atoms with E-state index in [1.165, 1.54) is 6.08 Å². The van der Waals surface area contributed by atoms with Gasteiger partial charge in [-0.1, -0.05) is 58.3 Å². The summed E-state index contributed by atoms with van der Waals surface area (Å²) in [6.07, 6.45) is 11.1. The molecule has 0 aromatic carbocycles. The number of nitrogens with zero attached hydrogens (tertiary/aromatic N) is 2. The minimum Gasteiger partial charge on any atom is -0.461 e. The van der Waals surface area contributed by atoms with E-state index >= 15 is 0 Å². The molecule has 0 radical (unpaired) electrons. The second-order valence-electron chi connectivity index (χ2n) is 10.7. The number of aliphatic hydroxyl groups excluding tert-OH is 1. The lowest BCUT2D eigenvalue weighted by Crippen LogP contribution is -2.56. The third-order valence-corrected chi connectivity index (χ3v) is 8.51. The van der Waals surface area contributed by atoms with Gasteiger partial charge in [0.05, 0.1) is 11.5 Å². The summed E-state index contributed by atoms with van der Waals surface area (Å²) in [5.41, 5.74) is -1.83. The number of ether oxygens (including phenoxy) is 2. The van der Waals surface area contributed by atoms with Gasteiger partial charge in [-0.25, -0.2) is 0 Å². The topological polar surface area (TPSA) is 96.4 Å². The van der Waals surface area contributed by atoms with Crippen LogP contribution in [0.25, 0.3) is 0 Å². The quantitative estimate of drug-likeness (QED) is 0.179. The standard InChI is InChI=1S/C29H46N2O6/c1-5-9-12-18-30(17-6-2)26(34)24-29-16-15-28(8-4,37-29)23(27(35)36-21-7-3)22(29)25(33)31(24)19-13-10-11-14-20-32/h6-7,22-24,32H,2-3,5,8-21H2,1,4H3/t22-,23+,24?,28-,29?/m0/s1. The Balaban J connectivity index is 1.97. The van der Waals surface area contributed by atoms with E-state index in [1.807, 2.05) is 6.92 Å². The molecule has 3 rings (SSSR count). The van der Waals surface area contributed by atoms with Crippen LogP contribution in [0.2, 0.25) is 0 Å². The summed E-state index contributed by atoms with van der Waals surface area (Å²) in [5, 5.41) is 9.11. The fourth-order valence-electron chi connectivity index (χ4n) is 6.75. The van der Waals surface area contributed by atoms with Gasteiger partial charge < -0.3 is 24.4 Å². The first-order valence-electron chi connectivity index (χ1n) is 14.2. The van der Waals surface area contributed by atoms with Gasteiger partial charge in [-0.2, -0.15) is 0 Å². The van der Waals surface area contributed by atoms with Crippen molar-refractivity contribution in [1.29, 1.82) is 0 Å². The van der Waals surface area contributed by atoms with Crippen LogP contribution >= 0.6 is 0 Å². The number of fused-ring (bicyclic) bond motifs is 1. The summed E-state index contributed by atoms with van der Waals surface area (Å²) in [5.74, 6) is -2.20. The van der Waals surface area contributed by atoms with Crippen molar-refractivity contribution in [2.24, 2.45) is 11.8 Å². The summed E-state index contributed by atoms with van der Waals surface area (Å²) in [6.45, 7) is 13.2. The van der Waals surface area contributed by atoms with Crippen LogP contribution < -0.4 is 0 Å². The molecule has 0 saturated carbocycles. The monoisotopic (exact) mass is 518 g/mol.